The molecule has 0 radical (unpaired) electrons. The Morgan fingerprint density at radius 3 is 2.29 bits per heavy atom. The molecule has 0 aliphatic rings. The molecule has 0 amide bonds. The van der Waals surface area contributed by atoms with Gasteiger partial charge in [-0.3, -0.25) is 4.79 Å². The van der Waals surface area contributed by atoms with Gasteiger partial charge in [-0.05, 0) is 18.9 Å². The van der Waals surface area contributed by atoms with Crippen LogP contribution in [0.5, 0.6) is 0 Å². The number of esters is 1. The first-order valence-corrected chi connectivity index (χ1v) is 10.7. The smallest absolute Gasteiger partial charge is 0.322 e. The van der Waals surface area contributed by atoms with Gasteiger partial charge in [-0.15, -0.1) is 0 Å². The number of ether oxygens (including phenoxy) is 1. The minimum Gasteiger partial charge on any atom is -0.468 e. The number of hydrogen-bond acceptors (Lipinski definition) is 5. The van der Waals surface area contributed by atoms with E-state index in [9.17, 15) is 17.8 Å². The summed E-state index contributed by atoms with van der Waals surface area (Å²) in [6.45, 7) is 3.10. The lowest BCUT2D eigenvalue weighted by molar-refractivity contribution is -0.137. The molecule has 0 aliphatic carbocycles. The van der Waals surface area contributed by atoms with Crippen LogP contribution in [-0.2, 0) is 30.7 Å². The zero-order valence-corrected chi connectivity index (χ0v) is 14.1. The Morgan fingerprint density at radius 2 is 1.81 bits per heavy atom. The number of sulfonamides is 1. The normalized spacial score (nSPS) is 12.4. The zero-order chi connectivity index (χ0) is 16.1. The fourth-order valence-electron chi connectivity index (χ4n) is 1.70. The molecule has 0 saturated heterocycles. The van der Waals surface area contributed by atoms with E-state index < -0.39 is 28.9 Å². The molecule has 0 atom stereocenters. The summed E-state index contributed by atoms with van der Waals surface area (Å²) in [5.41, 5.74) is 0.763. The Kier molecular flexibility index (Phi) is 6.13. The summed E-state index contributed by atoms with van der Waals surface area (Å²) in [7, 11) is -5.36. The summed E-state index contributed by atoms with van der Waals surface area (Å²) in [5.74, 6) is -1.59. The molecule has 6 nitrogen and oxygen atoms in total. The van der Waals surface area contributed by atoms with Crippen molar-refractivity contribution in [3.63, 3.8) is 0 Å². The number of rotatable bonds is 7. The maximum absolute atomic E-state index is 12.3. The minimum atomic E-state index is -3.88. The molecule has 0 saturated carbocycles. The third-order valence-electron chi connectivity index (χ3n) is 2.62. The maximum Gasteiger partial charge on any atom is 0.322 e. The molecule has 0 fully saturated rings. The molecule has 0 spiro atoms. The predicted molar refractivity (Wildman–Crippen MR) is 82.1 cm³/mol. The molecule has 0 unspecified atom stereocenters. The van der Waals surface area contributed by atoms with E-state index >= 15 is 0 Å². The highest BCUT2D eigenvalue weighted by Gasteiger charge is 2.29. The average molecular weight is 333 g/mol. The highest BCUT2D eigenvalue weighted by molar-refractivity contribution is 7.90. The van der Waals surface area contributed by atoms with Crippen LogP contribution in [0, 0.1) is 0 Å². The van der Waals surface area contributed by atoms with Crippen molar-refractivity contribution < 1.29 is 22.5 Å². The van der Waals surface area contributed by atoms with Gasteiger partial charge in [-0.2, -0.15) is 4.31 Å². The number of carbonyl (C=O) groups is 1. The summed E-state index contributed by atoms with van der Waals surface area (Å²) in [6, 6.07) is 8.95. The summed E-state index contributed by atoms with van der Waals surface area (Å²) in [4.78, 5) is 11.3. The quantitative estimate of drug-likeness (QED) is 0.559. The van der Waals surface area contributed by atoms with E-state index in [1.54, 1.807) is 24.3 Å². The minimum absolute atomic E-state index is 0.0752. The fraction of sp³-hybridized carbons (Fsp3) is 0.462. The lowest BCUT2D eigenvalue weighted by atomic mass is 10.2. The van der Waals surface area contributed by atoms with Gasteiger partial charge in [0.15, 0.2) is 5.75 Å². The van der Waals surface area contributed by atoms with Crippen molar-refractivity contribution in [1.29, 1.82) is 0 Å². The highest BCUT2D eigenvalue weighted by atomic mass is 32.2. The molecule has 1 aromatic rings. The molecule has 21 heavy (non-hydrogen) atoms. The van der Waals surface area contributed by atoms with E-state index in [0.717, 1.165) is 17.0 Å². The van der Waals surface area contributed by atoms with Crippen molar-refractivity contribution in [2.75, 3.05) is 32.5 Å². The number of benzene rings is 1. The van der Waals surface area contributed by atoms with Gasteiger partial charge in [-0.25, -0.2) is 8.42 Å². The lowest BCUT2D eigenvalue weighted by Gasteiger charge is -2.23. The van der Waals surface area contributed by atoms with E-state index in [1.807, 2.05) is 6.07 Å². The summed E-state index contributed by atoms with van der Waals surface area (Å²) in [6.07, 6.45) is -0.110. The highest BCUT2D eigenvalue weighted by Crippen LogP contribution is 2.38. The van der Waals surface area contributed by atoms with Crippen molar-refractivity contribution in [2.24, 2.45) is 0 Å². The largest absolute Gasteiger partial charge is 0.468 e. The number of methoxy groups -OCH3 is 1. The Morgan fingerprint density at radius 1 is 1.24 bits per heavy atom. The molecule has 118 valence electrons. The first kappa shape index (κ1) is 17.9. The van der Waals surface area contributed by atoms with Crippen LogP contribution in [0.2, 0.25) is 0 Å². The third kappa shape index (κ3) is 6.42. The van der Waals surface area contributed by atoms with Gasteiger partial charge in [-0.1, -0.05) is 30.3 Å². The van der Waals surface area contributed by atoms with Crippen LogP contribution in [0.1, 0.15) is 5.56 Å². The summed E-state index contributed by atoms with van der Waals surface area (Å²) in [5, 5.41) is 0. The van der Waals surface area contributed by atoms with Gasteiger partial charge in [0.25, 0.3) is 0 Å². The van der Waals surface area contributed by atoms with Gasteiger partial charge in [0.1, 0.15) is 0 Å². The second-order valence-corrected chi connectivity index (χ2v) is 10.5. The molecular formula is C13H20NO5PS. The summed E-state index contributed by atoms with van der Waals surface area (Å²) < 4.78 is 42.1. The Bertz CT molecular complexity index is 623. The van der Waals surface area contributed by atoms with Crippen molar-refractivity contribution in [3.8, 4) is 0 Å². The molecular weight excluding hydrogens is 313 g/mol. The van der Waals surface area contributed by atoms with Crippen LogP contribution >= 0.6 is 7.14 Å². The first-order valence-electron chi connectivity index (χ1n) is 6.26. The van der Waals surface area contributed by atoms with Crippen molar-refractivity contribution >= 4 is 23.1 Å². The fourth-order valence-corrected chi connectivity index (χ4v) is 5.04. The molecule has 0 aromatic heterocycles. The van der Waals surface area contributed by atoms with Crippen LogP contribution < -0.4 is 0 Å². The SMILES string of the molecule is COC(=O)CS(=O)(=O)N(Cc1ccccc1)CP(C)(C)=O. The van der Waals surface area contributed by atoms with Crippen LogP contribution in [-0.4, -0.2) is 51.2 Å². The van der Waals surface area contributed by atoms with Crippen molar-refractivity contribution in [3.05, 3.63) is 35.9 Å². The second-order valence-electron chi connectivity index (χ2n) is 5.14. The topological polar surface area (TPSA) is 80.8 Å². The Balaban J connectivity index is 3.02. The molecule has 0 aliphatic heterocycles. The van der Waals surface area contributed by atoms with Crippen molar-refractivity contribution in [1.82, 2.24) is 4.31 Å². The third-order valence-corrected chi connectivity index (χ3v) is 5.48. The standard InChI is InChI=1S/C13H20NO5PS/c1-19-13(15)10-21(17,18)14(11-20(2,3)16)9-12-7-5-4-6-8-12/h4-8H,9-11H2,1-3H3. The molecule has 0 N–H and O–H groups in total. The van der Waals surface area contributed by atoms with Crippen LogP contribution in [0.25, 0.3) is 0 Å². The van der Waals surface area contributed by atoms with Crippen LogP contribution in [0.3, 0.4) is 0 Å². The van der Waals surface area contributed by atoms with Crippen LogP contribution in [0.4, 0.5) is 0 Å². The number of nitrogens with zero attached hydrogens (tertiary/aromatic N) is 1. The second kappa shape index (κ2) is 7.20. The summed E-state index contributed by atoms with van der Waals surface area (Å²) >= 11 is 0. The monoisotopic (exact) mass is 333 g/mol. The molecule has 0 heterocycles. The zero-order valence-electron chi connectivity index (χ0n) is 12.4. The molecule has 0 bridgehead atoms. The Hall–Kier alpha value is -1.17. The van der Waals surface area contributed by atoms with Gasteiger partial charge in [0.05, 0.1) is 20.5 Å². The molecule has 1 rings (SSSR count). The molecule has 8 heteroatoms. The van der Waals surface area contributed by atoms with E-state index in [0.29, 0.717) is 0 Å². The van der Waals surface area contributed by atoms with Gasteiger partial charge in [0, 0.05) is 6.54 Å². The van der Waals surface area contributed by atoms with Gasteiger partial charge >= 0.3 is 5.97 Å². The van der Waals surface area contributed by atoms with Gasteiger partial charge in [0.2, 0.25) is 10.0 Å². The molecule has 1 aromatic carbocycles. The first-order chi connectivity index (χ1) is 9.64. The predicted octanol–water partition coefficient (Wildman–Crippen LogP) is 1.57. The number of hydrogen-bond donors (Lipinski definition) is 0. The average Bonchev–Trinajstić information content (AvgIpc) is 2.37. The van der Waals surface area contributed by atoms with Crippen molar-refractivity contribution in [2.45, 2.75) is 6.54 Å². The van der Waals surface area contributed by atoms with E-state index in [2.05, 4.69) is 4.74 Å². The van der Waals surface area contributed by atoms with Crippen LogP contribution in [0.15, 0.2) is 30.3 Å². The van der Waals surface area contributed by atoms with E-state index in [4.69, 9.17) is 0 Å². The maximum atomic E-state index is 12.3. The van der Waals surface area contributed by atoms with E-state index in [1.165, 1.54) is 13.3 Å². The van der Waals surface area contributed by atoms with Gasteiger partial charge < -0.3 is 9.30 Å². The lowest BCUT2D eigenvalue weighted by Crippen LogP contribution is -2.36. The number of carbonyl (C=O) groups excluding carboxylic acids is 1. The van der Waals surface area contributed by atoms with E-state index in [-0.39, 0.29) is 12.8 Å². The Labute approximate surface area is 125 Å².